The predicted molar refractivity (Wildman–Crippen MR) is 37.4 cm³/mol. The molecule has 1 rings (SSSR count). The fraction of sp³-hybridized carbons (Fsp3) is 1.00. The normalized spacial score (nSPS) is 23.1. The topological polar surface area (TPSA) is 46.1 Å². The second-order valence-electron chi connectivity index (χ2n) is 2.86. The van der Waals surface area contributed by atoms with Crippen LogP contribution in [-0.4, -0.2) is 12.4 Å². The first-order valence-corrected chi connectivity index (χ1v) is 4.11. The van der Waals surface area contributed by atoms with E-state index in [1.807, 2.05) is 0 Å². The van der Waals surface area contributed by atoms with Crippen LogP contribution in [0.1, 0.15) is 25.7 Å². The average molecular weight is 160 g/mol. The van der Waals surface area contributed by atoms with Crippen molar-refractivity contribution in [2.75, 3.05) is 0 Å². The Morgan fingerprint density at radius 2 is 1.80 bits per heavy atom. The van der Waals surface area contributed by atoms with Gasteiger partial charge in [-0.1, -0.05) is 20.0 Å². The first-order valence-electron chi connectivity index (χ1n) is 3.67. The van der Waals surface area contributed by atoms with Gasteiger partial charge in [0.1, 0.15) is 0 Å². The van der Waals surface area contributed by atoms with Crippen LogP contribution in [0.4, 0.5) is 0 Å². The van der Waals surface area contributed by atoms with Gasteiger partial charge in [-0.25, -0.2) is 0 Å². The Kier molecular flexibility index (Phi) is 3.02. The molecule has 58 valence electrons. The van der Waals surface area contributed by atoms with Gasteiger partial charge in [-0.3, -0.25) is 0 Å². The van der Waals surface area contributed by atoms with Crippen molar-refractivity contribution >= 4 is 18.7 Å². The maximum Gasteiger partial charge on any atom is -0.0281 e. The lowest BCUT2D eigenvalue weighted by Gasteiger charge is -2.35. The van der Waals surface area contributed by atoms with Crippen LogP contribution in [-0.2, 0) is 0 Å². The van der Waals surface area contributed by atoms with Crippen molar-refractivity contribution in [1.29, 1.82) is 0 Å². The van der Waals surface area contributed by atoms with Crippen molar-refractivity contribution < 1.29 is 10.0 Å². The average Bonchev–Trinajstić information content (AvgIpc) is 2.36. The van der Waals surface area contributed by atoms with Gasteiger partial charge < -0.3 is 10.0 Å². The Hall–Kier alpha value is 0.275. The van der Waals surface area contributed by atoms with Crippen molar-refractivity contribution in [1.82, 2.24) is 0 Å². The molecule has 1 aliphatic rings. The van der Waals surface area contributed by atoms with Crippen molar-refractivity contribution in [3.8, 4) is 0 Å². The molecular formula is C6H10BClO2-2. The van der Waals surface area contributed by atoms with E-state index in [0.717, 1.165) is 25.7 Å². The fourth-order valence-electron chi connectivity index (χ4n) is 1.50. The molecule has 1 fully saturated rings. The highest BCUT2D eigenvalue weighted by Gasteiger charge is 2.20. The summed E-state index contributed by atoms with van der Waals surface area (Å²) < 4.78 is 0. The Labute approximate surface area is 66.3 Å². The van der Waals surface area contributed by atoms with E-state index >= 15 is 0 Å². The van der Waals surface area contributed by atoms with Crippen LogP contribution in [0.25, 0.3) is 0 Å². The fourth-order valence-corrected chi connectivity index (χ4v) is 1.75. The molecule has 1 saturated carbocycles. The highest BCUT2D eigenvalue weighted by Crippen LogP contribution is 2.29. The van der Waals surface area contributed by atoms with E-state index in [-0.39, 0.29) is 5.92 Å². The van der Waals surface area contributed by atoms with Crippen LogP contribution in [0.5, 0.6) is 0 Å². The lowest BCUT2D eigenvalue weighted by atomic mass is 9.77. The van der Waals surface area contributed by atoms with E-state index < -0.39 is 12.4 Å². The van der Waals surface area contributed by atoms with E-state index in [2.05, 4.69) is 0 Å². The van der Waals surface area contributed by atoms with Crippen molar-refractivity contribution in [3.05, 3.63) is 0 Å². The van der Waals surface area contributed by atoms with E-state index in [1.54, 1.807) is 0 Å². The SMILES string of the molecule is [O-]B([O-])C(Cl)C1CCCC1. The Balaban J connectivity index is 2.32. The maximum atomic E-state index is 10.3. The zero-order chi connectivity index (χ0) is 7.56. The number of rotatable bonds is 2. The zero-order valence-corrected chi connectivity index (χ0v) is 6.51. The summed E-state index contributed by atoms with van der Waals surface area (Å²) in [6, 6.07) is 0. The van der Waals surface area contributed by atoms with Crippen molar-refractivity contribution in [2.24, 2.45) is 5.92 Å². The monoisotopic (exact) mass is 160 g/mol. The summed E-state index contributed by atoms with van der Waals surface area (Å²) in [4.78, 5) is 0. The second-order valence-corrected chi connectivity index (χ2v) is 3.36. The van der Waals surface area contributed by atoms with Gasteiger partial charge in [-0.15, -0.1) is 11.6 Å². The van der Waals surface area contributed by atoms with Gasteiger partial charge in [-0.05, 0) is 24.0 Å². The number of hydrogen-bond donors (Lipinski definition) is 0. The van der Waals surface area contributed by atoms with Crippen LogP contribution < -0.4 is 10.0 Å². The van der Waals surface area contributed by atoms with Crippen LogP contribution in [0.2, 0.25) is 0 Å². The Bertz CT molecular complexity index is 104. The van der Waals surface area contributed by atoms with Crippen molar-refractivity contribution in [2.45, 2.75) is 31.0 Å². The summed E-state index contributed by atoms with van der Waals surface area (Å²) in [7, 11) is -1.84. The van der Waals surface area contributed by atoms with Gasteiger partial charge in [0.25, 0.3) is 0 Å². The van der Waals surface area contributed by atoms with Gasteiger partial charge in [0.15, 0.2) is 0 Å². The van der Waals surface area contributed by atoms with Crippen LogP contribution in [0, 0.1) is 5.92 Å². The van der Waals surface area contributed by atoms with Crippen LogP contribution >= 0.6 is 11.6 Å². The van der Waals surface area contributed by atoms with E-state index in [4.69, 9.17) is 11.6 Å². The lowest BCUT2D eigenvalue weighted by molar-refractivity contribution is -0.350. The molecule has 10 heavy (non-hydrogen) atoms. The van der Waals surface area contributed by atoms with E-state index in [1.165, 1.54) is 0 Å². The summed E-state index contributed by atoms with van der Waals surface area (Å²) in [6.45, 7) is 0. The molecule has 2 nitrogen and oxygen atoms in total. The van der Waals surface area contributed by atoms with Gasteiger partial charge in [0.2, 0.25) is 0 Å². The molecule has 0 bridgehead atoms. The third-order valence-electron chi connectivity index (χ3n) is 2.11. The smallest absolute Gasteiger partial charge is 0.0281 e. The molecule has 0 heterocycles. The highest BCUT2D eigenvalue weighted by molar-refractivity contribution is 6.54. The van der Waals surface area contributed by atoms with Crippen LogP contribution in [0.15, 0.2) is 0 Å². The molecule has 0 spiro atoms. The molecule has 0 saturated heterocycles. The molecule has 0 radical (unpaired) electrons. The summed E-state index contributed by atoms with van der Waals surface area (Å²) >= 11 is 5.60. The van der Waals surface area contributed by atoms with Gasteiger partial charge in [-0.2, -0.15) is 0 Å². The lowest BCUT2D eigenvalue weighted by Crippen LogP contribution is -2.54. The molecule has 0 aromatic carbocycles. The summed E-state index contributed by atoms with van der Waals surface area (Å²) in [6.07, 6.45) is 4.19. The summed E-state index contributed by atoms with van der Waals surface area (Å²) in [5.74, 6) is 0.196. The van der Waals surface area contributed by atoms with Crippen molar-refractivity contribution in [3.63, 3.8) is 0 Å². The molecule has 0 aliphatic heterocycles. The first-order chi connectivity index (χ1) is 4.72. The molecule has 0 amide bonds. The van der Waals surface area contributed by atoms with Crippen LogP contribution in [0.3, 0.4) is 0 Å². The number of alkyl halides is 1. The van der Waals surface area contributed by atoms with E-state index in [9.17, 15) is 10.0 Å². The number of hydrogen-bond acceptors (Lipinski definition) is 2. The maximum absolute atomic E-state index is 10.3. The van der Waals surface area contributed by atoms with E-state index in [0.29, 0.717) is 0 Å². The predicted octanol–water partition coefficient (Wildman–Crippen LogP) is -0.468. The molecule has 0 N–H and O–H groups in total. The molecule has 1 unspecified atom stereocenters. The molecule has 1 atom stereocenters. The molecule has 0 aromatic rings. The standard InChI is InChI=1S/C6H10BClO2/c8-6(7(9)10)5-3-1-2-4-5/h5-6H,1-4H2/q-2. The minimum absolute atomic E-state index is 0.196. The highest BCUT2D eigenvalue weighted by atomic mass is 35.5. The molecule has 1 aliphatic carbocycles. The summed E-state index contributed by atoms with van der Waals surface area (Å²) in [5.41, 5.74) is 0. The van der Waals surface area contributed by atoms with Gasteiger partial charge >= 0.3 is 0 Å². The largest absolute Gasteiger partial charge is 0.892 e. The minimum atomic E-state index is -1.84. The zero-order valence-electron chi connectivity index (χ0n) is 5.75. The summed E-state index contributed by atoms with van der Waals surface area (Å²) in [5, 5.41) is 20.0. The molecule has 4 heteroatoms. The third kappa shape index (κ3) is 1.88. The third-order valence-corrected chi connectivity index (χ3v) is 2.67. The quantitative estimate of drug-likeness (QED) is 0.405. The first kappa shape index (κ1) is 8.37. The Morgan fingerprint density at radius 1 is 1.30 bits per heavy atom. The Morgan fingerprint density at radius 3 is 2.20 bits per heavy atom. The van der Waals surface area contributed by atoms with Gasteiger partial charge in [0.05, 0.1) is 0 Å². The van der Waals surface area contributed by atoms with Gasteiger partial charge in [0, 0.05) is 0 Å². The molecular weight excluding hydrogens is 150 g/mol. The number of halogens is 1. The molecule has 0 aromatic heterocycles. The minimum Gasteiger partial charge on any atom is -0.892 e. The second kappa shape index (κ2) is 3.60.